The molecule has 1 aromatic carbocycles. The highest BCUT2D eigenvalue weighted by Crippen LogP contribution is 2.36. The highest BCUT2D eigenvalue weighted by molar-refractivity contribution is 5.89. The summed E-state index contributed by atoms with van der Waals surface area (Å²) in [4.78, 5) is 4.49. The van der Waals surface area contributed by atoms with Gasteiger partial charge in [-0.1, -0.05) is 12.1 Å². The van der Waals surface area contributed by atoms with Crippen LogP contribution in [0.15, 0.2) is 23.2 Å². The summed E-state index contributed by atoms with van der Waals surface area (Å²) in [5.41, 5.74) is 2.43. The number of hydrogen-bond donors (Lipinski definition) is 1. The minimum atomic E-state index is -0.0682. The van der Waals surface area contributed by atoms with Crippen molar-refractivity contribution in [1.82, 2.24) is 5.32 Å². The normalized spacial score (nSPS) is 26.2. The van der Waals surface area contributed by atoms with Crippen molar-refractivity contribution in [3.63, 3.8) is 0 Å². The van der Waals surface area contributed by atoms with Gasteiger partial charge in [-0.3, -0.25) is 4.99 Å². The van der Waals surface area contributed by atoms with Crippen LogP contribution in [0.1, 0.15) is 24.2 Å². The van der Waals surface area contributed by atoms with Gasteiger partial charge in [-0.15, -0.1) is 0 Å². The van der Waals surface area contributed by atoms with Gasteiger partial charge >= 0.3 is 0 Å². The van der Waals surface area contributed by atoms with E-state index in [1.165, 1.54) is 11.1 Å². The molecule has 0 saturated heterocycles. The third-order valence-electron chi connectivity index (χ3n) is 3.48. The van der Waals surface area contributed by atoms with Crippen LogP contribution in [0.3, 0.4) is 0 Å². The first-order chi connectivity index (χ1) is 8.79. The highest BCUT2D eigenvalue weighted by atomic mass is 16.5. The van der Waals surface area contributed by atoms with Crippen molar-refractivity contribution in [2.24, 2.45) is 4.99 Å². The van der Waals surface area contributed by atoms with Crippen LogP contribution < -0.4 is 10.1 Å². The SMILES string of the molecule is COc1cccc2c1CC(C)OC2C1=NCCN1. The average molecular weight is 246 g/mol. The zero-order valence-corrected chi connectivity index (χ0v) is 10.8. The number of hydrogen-bond acceptors (Lipinski definition) is 4. The number of fused-ring (bicyclic) bond motifs is 1. The van der Waals surface area contributed by atoms with E-state index < -0.39 is 0 Å². The van der Waals surface area contributed by atoms with Crippen molar-refractivity contribution < 1.29 is 9.47 Å². The maximum absolute atomic E-state index is 6.05. The second kappa shape index (κ2) is 4.61. The second-order valence-electron chi connectivity index (χ2n) is 4.75. The number of benzene rings is 1. The monoisotopic (exact) mass is 246 g/mol. The van der Waals surface area contributed by atoms with Gasteiger partial charge in [0.15, 0.2) is 0 Å². The van der Waals surface area contributed by atoms with Crippen LogP contribution in [0.2, 0.25) is 0 Å². The molecule has 3 rings (SSSR count). The van der Waals surface area contributed by atoms with Gasteiger partial charge in [-0.05, 0) is 18.6 Å². The molecular weight excluding hydrogens is 228 g/mol. The molecule has 0 aromatic heterocycles. The van der Waals surface area contributed by atoms with E-state index in [1.807, 2.05) is 12.1 Å². The first-order valence-electron chi connectivity index (χ1n) is 6.39. The molecule has 0 amide bonds. The van der Waals surface area contributed by atoms with Crippen LogP contribution in [-0.4, -0.2) is 32.1 Å². The Labute approximate surface area is 107 Å². The van der Waals surface area contributed by atoms with Crippen LogP contribution in [-0.2, 0) is 11.2 Å². The van der Waals surface area contributed by atoms with Crippen molar-refractivity contribution in [2.45, 2.75) is 25.6 Å². The summed E-state index contributed by atoms with van der Waals surface area (Å²) in [6.07, 6.45) is 1.01. The summed E-state index contributed by atoms with van der Waals surface area (Å²) in [6, 6.07) is 6.13. The molecule has 4 nitrogen and oxygen atoms in total. The molecule has 0 radical (unpaired) electrons. The van der Waals surface area contributed by atoms with Gasteiger partial charge < -0.3 is 14.8 Å². The van der Waals surface area contributed by atoms with E-state index in [2.05, 4.69) is 23.3 Å². The Kier molecular flexibility index (Phi) is 2.96. The van der Waals surface area contributed by atoms with Crippen molar-refractivity contribution in [3.05, 3.63) is 29.3 Å². The minimum Gasteiger partial charge on any atom is -0.496 e. The van der Waals surface area contributed by atoms with E-state index in [0.29, 0.717) is 0 Å². The number of ether oxygens (including phenoxy) is 2. The molecule has 18 heavy (non-hydrogen) atoms. The number of nitrogens with zero attached hydrogens (tertiary/aromatic N) is 1. The van der Waals surface area contributed by atoms with Gasteiger partial charge in [0.2, 0.25) is 0 Å². The zero-order chi connectivity index (χ0) is 12.5. The molecule has 0 saturated carbocycles. The average Bonchev–Trinajstić information content (AvgIpc) is 2.90. The van der Waals surface area contributed by atoms with Gasteiger partial charge in [0, 0.05) is 18.5 Å². The lowest BCUT2D eigenvalue weighted by atomic mass is 9.93. The summed E-state index contributed by atoms with van der Waals surface area (Å²) < 4.78 is 11.5. The predicted octanol–water partition coefficient (Wildman–Crippen LogP) is 1.70. The Morgan fingerprint density at radius 1 is 1.44 bits per heavy atom. The van der Waals surface area contributed by atoms with Crippen LogP contribution in [0.5, 0.6) is 5.75 Å². The summed E-state index contributed by atoms with van der Waals surface area (Å²) in [5.74, 6) is 1.90. The van der Waals surface area contributed by atoms with Crippen molar-refractivity contribution >= 4 is 5.84 Å². The Bertz CT molecular complexity index is 485. The predicted molar refractivity (Wildman–Crippen MR) is 70.3 cm³/mol. The number of nitrogens with one attached hydrogen (secondary N) is 1. The zero-order valence-electron chi connectivity index (χ0n) is 10.8. The molecular formula is C14H18N2O2. The Balaban J connectivity index is 2.04. The molecule has 2 aliphatic rings. The molecule has 1 N–H and O–H groups in total. The van der Waals surface area contributed by atoms with Crippen molar-refractivity contribution in [1.29, 1.82) is 0 Å². The van der Waals surface area contributed by atoms with Crippen LogP contribution in [0.25, 0.3) is 0 Å². The maximum atomic E-state index is 6.05. The highest BCUT2D eigenvalue weighted by Gasteiger charge is 2.31. The molecule has 2 atom stereocenters. The van der Waals surface area contributed by atoms with Gasteiger partial charge in [0.05, 0.1) is 19.8 Å². The van der Waals surface area contributed by atoms with E-state index in [-0.39, 0.29) is 12.2 Å². The maximum Gasteiger partial charge on any atom is 0.140 e. The lowest BCUT2D eigenvalue weighted by Crippen LogP contribution is -2.34. The Hall–Kier alpha value is -1.55. The molecule has 0 bridgehead atoms. The third-order valence-corrected chi connectivity index (χ3v) is 3.48. The molecule has 96 valence electrons. The smallest absolute Gasteiger partial charge is 0.140 e. The van der Waals surface area contributed by atoms with E-state index in [4.69, 9.17) is 9.47 Å². The Morgan fingerprint density at radius 2 is 2.33 bits per heavy atom. The molecule has 2 unspecified atom stereocenters. The summed E-state index contributed by atoms with van der Waals surface area (Å²) in [7, 11) is 1.72. The number of amidine groups is 1. The van der Waals surface area contributed by atoms with Crippen LogP contribution in [0, 0.1) is 0 Å². The first-order valence-corrected chi connectivity index (χ1v) is 6.39. The molecule has 2 heterocycles. The fourth-order valence-corrected chi connectivity index (χ4v) is 2.68. The fourth-order valence-electron chi connectivity index (χ4n) is 2.68. The van der Waals surface area contributed by atoms with Crippen molar-refractivity contribution in [3.8, 4) is 5.75 Å². The summed E-state index contributed by atoms with van der Waals surface area (Å²) in [6.45, 7) is 3.84. The van der Waals surface area contributed by atoms with Crippen LogP contribution >= 0.6 is 0 Å². The molecule has 0 aliphatic carbocycles. The molecule has 1 aromatic rings. The summed E-state index contributed by atoms with van der Waals surface area (Å²) in [5, 5.41) is 3.31. The van der Waals surface area contributed by atoms with Gasteiger partial charge in [-0.2, -0.15) is 0 Å². The number of methoxy groups -OCH3 is 1. The quantitative estimate of drug-likeness (QED) is 0.863. The lowest BCUT2D eigenvalue weighted by molar-refractivity contribution is 0.0201. The molecule has 0 spiro atoms. The van der Waals surface area contributed by atoms with Gasteiger partial charge in [0.1, 0.15) is 17.7 Å². The van der Waals surface area contributed by atoms with Gasteiger partial charge in [-0.25, -0.2) is 0 Å². The second-order valence-corrected chi connectivity index (χ2v) is 4.75. The largest absolute Gasteiger partial charge is 0.496 e. The molecule has 2 aliphatic heterocycles. The van der Waals surface area contributed by atoms with Crippen molar-refractivity contribution in [2.75, 3.05) is 20.2 Å². The lowest BCUT2D eigenvalue weighted by Gasteiger charge is -2.31. The first kappa shape index (κ1) is 11.5. The minimum absolute atomic E-state index is 0.0682. The van der Waals surface area contributed by atoms with Gasteiger partial charge in [0.25, 0.3) is 0 Å². The molecule has 4 heteroatoms. The number of aliphatic imine (C=N–C) groups is 1. The van der Waals surface area contributed by atoms with Crippen LogP contribution in [0.4, 0.5) is 0 Å². The van der Waals surface area contributed by atoms with E-state index in [0.717, 1.165) is 31.1 Å². The van der Waals surface area contributed by atoms with E-state index in [1.54, 1.807) is 7.11 Å². The standard InChI is InChI=1S/C14H18N2O2/c1-9-8-11-10(4-3-5-12(11)17-2)13(18-9)14-15-6-7-16-14/h3-5,9,13H,6-8H2,1-2H3,(H,15,16). The molecule has 0 fully saturated rings. The topological polar surface area (TPSA) is 42.9 Å². The fraction of sp³-hybridized carbons (Fsp3) is 0.500. The third kappa shape index (κ3) is 1.86. The number of rotatable bonds is 2. The van der Waals surface area contributed by atoms with E-state index in [9.17, 15) is 0 Å². The Morgan fingerprint density at radius 3 is 3.06 bits per heavy atom. The summed E-state index contributed by atoms with van der Waals surface area (Å²) >= 11 is 0. The van der Waals surface area contributed by atoms with E-state index >= 15 is 0 Å².